The molecule has 4 heteroatoms. The Morgan fingerprint density at radius 2 is 1.94 bits per heavy atom. The summed E-state index contributed by atoms with van der Waals surface area (Å²) in [7, 11) is 0. The number of pyridine rings is 1. The molecule has 0 saturated heterocycles. The number of nitrogens with zero attached hydrogens (tertiary/aromatic N) is 1. The smallest absolute Gasteiger partial charge is 0.270 e. The maximum Gasteiger partial charge on any atom is 0.270 e. The third-order valence-corrected chi connectivity index (χ3v) is 3.95. The molecule has 0 spiro atoms. The first-order valence-electron chi connectivity index (χ1n) is 6.17. The Hall–Kier alpha value is -0.900. The lowest BCUT2D eigenvalue weighted by atomic mass is 10.1. The zero-order valence-electron chi connectivity index (χ0n) is 9.53. The minimum atomic E-state index is -0.0323. The van der Waals surface area contributed by atoms with Crippen LogP contribution in [-0.2, 0) is 0 Å². The lowest BCUT2D eigenvalue weighted by Gasteiger charge is -2.17. The van der Waals surface area contributed by atoms with Gasteiger partial charge in [-0.15, -0.1) is 0 Å². The van der Waals surface area contributed by atoms with Crippen LogP contribution in [0.4, 0.5) is 0 Å². The highest BCUT2D eigenvalue weighted by molar-refractivity contribution is 9.10. The number of rotatable bonds is 4. The van der Waals surface area contributed by atoms with Gasteiger partial charge in [0.15, 0.2) is 0 Å². The molecule has 3 nitrogen and oxygen atoms in total. The van der Waals surface area contributed by atoms with Crippen LogP contribution in [0.3, 0.4) is 0 Å². The van der Waals surface area contributed by atoms with Crippen molar-refractivity contribution >= 4 is 21.8 Å². The average molecular weight is 295 g/mol. The second-order valence-corrected chi connectivity index (χ2v) is 5.83. The molecule has 0 aromatic carbocycles. The molecular formula is C13H15BrN2O. The number of nitrogens with one attached hydrogen (secondary N) is 1. The van der Waals surface area contributed by atoms with Crippen LogP contribution in [0.15, 0.2) is 22.8 Å². The number of hydrogen-bond donors (Lipinski definition) is 1. The molecular weight excluding hydrogens is 280 g/mol. The maximum atomic E-state index is 12.1. The van der Waals surface area contributed by atoms with Crippen LogP contribution in [0.2, 0.25) is 0 Å². The van der Waals surface area contributed by atoms with Crippen molar-refractivity contribution in [2.45, 2.75) is 31.7 Å². The van der Waals surface area contributed by atoms with Crippen molar-refractivity contribution in [1.29, 1.82) is 0 Å². The summed E-state index contributed by atoms with van der Waals surface area (Å²) >= 11 is 3.29. The van der Waals surface area contributed by atoms with Crippen molar-refractivity contribution in [3.8, 4) is 0 Å². The molecule has 0 aliphatic heterocycles. The number of hydrogen-bond acceptors (Lipinski definition) is 2. The van der Waals surface area contributed by atoms with E-state index in [9.17, 15) is 4.79 Å². The molecule has 0 radical (unpaired) electrons. The third-order valence-electron chi connectivity index (χ3n) is 3.51. The lowest BCUT2D eigenvalue weighted by molar-refractivity contribution is 0.0921. The van der Waals surface area contributed by atoms with E-state index in [-0.39, 0.29) is 5.91 Å². The Labute approximate surface area is 109 Å². The van der Waals surface area contributed by atoms with Crippen LogP contribution in [0.25, 0.3) is 0 Å². The summed E-state index contributed by atoms with van der Waals surface area (Å²) in [5.74, 6) is 1.41. The SMILES string of the molecule is O=C(NC(C1CC1)C1CC1)c1cccc(Br)n1. The first kappa shape index (κ1) is 11.2. The van der Waals surface area contributed by atoms with Crippen molar-refractivity contribution in [3.63, 3.8) is 0 Å². The van der Waals surface area contributed by atoms with Crippen molar-refractivity contribution in [2.24, 2.45) is 11.8 Å². The molecule has 2 aliphatic rings. The highest BCUT2D eigenvalue weighted by Crippen LogP contribution is 2.44. The topological polar surface area (TPSA) is 42.0 Å². The molecule has 2 saturated carbocycles. The highest BCUT2D eigenvalue weighted by atomic mass is 79.9. The van der Waals surface area contributed by atoms with Gasteiger partial charge in [-0.2, -0.15) is 0 Å². The number of carbonyl (C=O) groups excluding carboxylic acids is 1. The number of halogens is 1. The molecule has 1 N–H and O–H groups in total. The molecule has 1 aromatic rings. The maximum absolute atomic E-state index is 12.1. The molecule has 1 aromatic heterocycles. The Morgan fingerprint density at radius 3 is 2.47 bits per heavy atom. The molecule has 17 heavy (non-hydrogen) atoms. The van der Waals surface area contributed by atoms with Gasteiger partial charge in [0.25, 0.3) is 5.91 Å². The molecule has 0 atom stereocenters. The zero-order valence-corrected chi connectivity index (χ0v) is 11.1. The van der Waals surface area contributed by atoms with Crippen LogP contribution in [0, 0.1) is 11.8 Å². The van der Waals surface area contributed by atoms with Crippen molar-refractivity contribution < 1.29 is 4.79 Å². The Morgan fingerprint density at radius 1 is 1.29 bits per heavy atom. The molecule has 2 fully saturated rings. The zero-order chi connectivity index (χ0) is 11.8. The van der Waals surface area contributed by atoms with Gasteiger partial charge in [-0.05, 0) is 65.6 Å². The summed E-state index contributed by atoms with van der Waals surface area (Å²) < 4.78 is 0.708. The quantitative estimate of drug-likeness (QED) is 0.868. The van der Waals surface area contributed by atoms with Crippen LogP contribution < -0.4 is 5.32 Å². The van der Waals surface area contributed by atoms with Gasteiger partial charge in [0, 0.05) is 6.04 Å². The summed E-state index contributed by atoms with van der Waals surface area (Å²) in [4.78, 5) is 16.3. The Kier molecular flexibility index (Phi) is 2.90. The number of amides is 1. The fourth-order valence-corrected chi connectivity index (χ4v) is 2.63. The lowest BCUT2D eigenvalue weighted by Crippen LogP contribution is -2.38. The first-order chi connectivity index (χ1) is 8.24. The van der Waals surface area contributed by atoms with Gasteiger partial charge in [0.05, 0.1) is 0 Å². The predicted molar refractivity (Wildman–Crippen MR) is 68.6 cm³/mol. The first-order valence-corrected chi connectivity index (χ1v) is 6.97. The second kappa shape index (κ2) is 4.41. The van der Waals surface area contributed by atoms with Crippen molar-refractivity contribution in [2.75, 3.05) is 0 Å². The molecule has 2 aliphatic carbocycles. The number of aromatic nitrogens is 1. The van der Waals surface area contributed by atoms with Gasteiger partial charge in [0.1, 0.15) is 10.3 Å². The van der Waals surface area contributed by atoms with E-state index in [0.717, 1.165) is 11.8 Å². The molecule has 0 unspecified atom stereocenters. The van der Waals surface area contributed by atoms with Crippen LogP contribution in [0.5, 0.6) is 0 Å². The summed E-state index contributed by atoms with van der Waals surface area (Å²) in [6.45, 7) is 0. The van der Waals surface area contributed by atoms with Crippen LogP contribution in [-0.4, -0.2) is 16.9 Å². The van der Waals surface area contributed by atoms with E-state index in [1.807, 2.05) is 12.1 Å². The molecule has 1 amide bonds. The van der Waals surface area contributed by atoms with Crippen LogP contribution in [0.1, 0.15) is 36.2 Å². The third kappa shape index (κ3) is 2.68. The number of carbonyl (C=O) groups is 1. The Bertz CT molecular complexity index is 429. The van der Waals surface area contributed by atoms with E-state index < -0.39 is 0 Å². The summed E-state index contributed by atoms with van der Waals surface area (Å²) in [5, 5.41) is 3.16. The summed E-state index contributed by atoms with van der Waals surface area (Å²) in [6, 6.07) is 5.82. The predicted octanol–water partition coefficient (Wildman–Crippen LogP) is 2.76. The fraction of sp³-hybridized carbons (Fsp3) is 0.538. The van der Waals surface area contributed by atoms with Crippen molar-refractivity contribution in [3.05, 3.63) is 28.5 Å². The van der Waals surface area contributed by atoms with E-state index >= 15 is 0 Å². The van der Waals surface area contributed by atoms with Gasteiger partial charge < -0.3 is 5.32 Å². The van der Waals surface area contributed by atoms with Crippen molar-refractivity contribution in [1.82, 2.24) is 10.3 Å². The Balaban J connectivity index is 1.69. The van der Waals surface area contributed by atoms with Gasteiger partial charge in [0.2, 0.25) is 0 Å². The monoisotopic (exact) mass is 294 g/mol. The summed E-state index contributed by atoms with van der Waals surface area (Å²) in [5.41, 5.74) is 0.505. The van der Waals surface area contributed by atoms with Crippen LogP contribution >= 0.6 is 15.9 Å². The van der Waals surface area contributed by atoms with Gasteiger partial charge in [-0.1, -0.05) is 6.07 Å². The van der Waals surface area contributed by atoms with E-state index in [1.165, 1.54) is 25.7 Å². The van der Waals surface area contributed by atoms with E-state index in [2.05, 4.69) is 26.2 Å². The minimum Gasteiger partial charge on any atom is -0.347 e. The molecule has 1 heterocycles. The second-order valence-electron chi connectivity index (χ2n) is 5.02. The minimum absolute atomic E-state index is 0.0323. The van der Waals surface area contributed by atoms with E-state index in [4.69, 9.17) is 0 Å². The fourth-order valence-electron chi connectivity index (χ4n) is 2.29. The largest absolute Gasteiger partial charge is 0.347 e. The normalized spacial score (nSPS) is 19.4. The van der Waals surface area contributed by atoms with Gasteiger partial charge in [-0.3, -0.25) is 4.79 Å². The highest BCUT2D eigenvalue weighted by Gasteiger charge is 2.42. The molecule has 3 rings (SSSR count). The molecule has 90 valence electrons. The van der Waals surface area contributed by atoms with E-state index in [0.29, 0.717) is 16.3 Å². The van der Waals surface area contributed by atoms with Gasteiger partial charge >= 0.3 is 0 Å². The summed E-state index contributed by atoms with van der Waals surface area (Å²) in [6.07, 6.45) is 5.08. The van der Waals surface area contributed by atoms with Gasteiger partial charge in [-0.25, -0.2) is 4.98 Å². The average Bonchev–Trinajstić information content (AvgIpc) is 3.16. The standard InChI is InChI=1S/C13H15BrN2O/c14-11-3-1-2-10(15-11)13(17)16-12(8-4-5-8)9-6-7-9/h1-3,8-9,12H,4-7H2,(H,16,17). The molecule has 0 bridgehead atoms. The van der Waals surface area contributed by atoms with E-state index in [1.54, 1.807) is 6.07 Å².